The van der Waals surface area contributed by atoms with Gasteiger partial charge in [-0.05, 0) is 30.3 Å². The molecule has 0 bridgehead atoms. The Kier molecular flexibility index (Phi) is 5.35. The van der Waals surface area contributed by atoms with E-state index in [9.17, 15) is 13.2 Å². The van der Waals surface area contributed by atoms with Gasteiger partial charge in [-0.25, -0.2) is 8.42 Å². The Bertz CT molecular complexity index is 1030. The first-order chi connectivity index (χ1) is 13.4. The summed E-state index contributed by atoms with van der Waals surface area (Å²) in [5, 5.41) is 0.851. The van der Waals surface area contributed by atoms with E-state index in [1.54, 1.807) is 30.3 Å². The standard InChI is InChI=1S/C19H17ClN2O4S2/c20-13-5-4-6-14(9-13)22-16-11-28(24,25)12-17(16)27-19(22)21-18(23)10-26-15-7-2-1-3-8-15/h1-9,16-17H,10-12H2/t16-,17+/m0/s1. The number of thioether (sulfide) groups is 1. The molecule has 4 rings (SSSR count). The van der Waals surface area contributed by atoms with Crippen LogP contribution in [0.2, 0.25) is 5.02 Å². The largest absolute Gasteiger partial charge is 0.484 e. The molecule has 6 nitrogen and oxygen atoms in total. The summed E-state index contributed by atoms with van der Waals surface area (Å²) in [6, 6.07) is 15.9. The molecule has 0 aromatic heterocycles. The van der Waals surface area contributed by atoms with Crippen molar-refractivity contribution in [2.75, 3.05) is 23.0 Å². The molecule has 28 heavy (non-hydrogen) atoms. The molecule has 2 fully saturated rings. The highest BCUT2D eigenvalue weighted by atomic mass is 35.5. The second kappa shape index (κ2) is 7.77. The predicted octanol–water partition coefficient (Wildman–Crippen LogP) is 3.02. The first-order valence-electron chi connectivity index (χ1n) is 8.62. The maximum atomic E-state index is 12.4. The summed E-state index contributed by atoms with van der Waals surface area (Å²) in [5.74, 6) is 0.267. The number of hydrogen-bond acceptors (Lipinski definition) is 5. The third-order valence-corrected chi connectivity index (χ3v) is 7.92. The zero-order valence-corrected chi connectivity index (χ0v) is 17.1. The summed E-state index contributed by atoms with van der Waals surface area (Å²) in [5.41, 5.74) is 0.722. The molecule has 2 aliphatic rings. The van der Waals surface area contributed by atoms with E-state index in [4.69, 9.17) is 16.3 Å². The molecule has 0 N–H and O–H groups in total. The molecule has 2 atom stereocenters. The van der Waals surface area contributed by atoms with Crippen molar-refractivity contribution >= 4 is 50.0 Å². The minimum absolute atomic E-state index is 0.0326. The summed E-state index contributed by atoms with van der Waals surface area (Å²) in [7, 11) is -3.11. The number of carbonyl (C=O) groups excluding carboxylic acids is 1. The van der Waals surface area contributed by atoms with Gasteiger partial charge in [0.2, 0.25) is 0 Å². The van der Waals surface area contributed by atoms with E-state index in [0.29, 0.717) is 15.9 Å². The van der Waals surface area contributed by atoms with Crippen molar-refractivity contribution in [3.63, 3.8) is 0 Å². The first kappa shape index (κ1) is 19.3. The number of para-hydroxylation sites is 1. The second-order valence-electron chi connectivity index (χ2n) is 6.54. The lowest BCUT2D eigenvalue weighted by Crippen LogP contribution is -2.37. The van der Waals surface area contributed by atoms with Crippen LogP contribution >= 0.6 is 23.4 Å². The number of carbonyl (C=O) groups is 1. The number of hydrogen-bond donors (Lipinski definition) is 0. The Hall–Kier alpha value is -2.03. The molecule has 9 heteroatoms. The minimum atomic E-state index is -3.11. The van der Waals surface area contributed by atoms with E-state index in [-0.39, 0.29) is 29.4 Å². The van der Waals surface area contributed by atoms with Crippen LogP contribution in [0.5, 0.6) is 5.75 Å². The summed E-state index contributed by atoms with van der Waals surface area (Å²) < 4.78 is 29.6. The average Bonchev–Trinajstić information content (AvgIpc) is 3.11. The SMILES string of the molecule is O=C(COc1ccccc1)N=C1S[C@@H]2CS(=O)(=O)C[C@@H]2N1c1cccc(Cl)c1. The lowest BCUT2D eigenvalue weighted by atomic mass is 10.2. The summed E-state index contributed by atoms with van der Waals surface area (Å²) in [4.78, 5) is 18.4. The lowest BCUT2D eigenvalue weighted by Gasteiger charge is -2.24. The van der Waals surface area contributed by atoms with Gasteiger partial charge in [0.25, 0.3) is 5.91 Å². The van der Waals surface area contributed by atoms with Crippen LogP contribution < -0.4 is 9.64 Å². The van der Waals surface area contributed by atoms with Gasteiger partial charge in [0.05, 0.1) is 17.5 Å². The third-order valence-electron chi connectivity index (χ3n) is 4.48. The number of fused-ring (bicyclic) bond motifs is 1. The summed E-state index contributed by atoms with van der Waals surface area (Å²) >= 11 is 7.43. The number of sulfone groups is 1. The van der Waals surface area contributed by atoms with Gasteiger partial charge in [-0.1, -0.05) is 47.6 Å². The smallest absolute Gasteiger partial charge is 0.285 e. The number of anilines is 1. The van der Waals surface area contributed by atoms with Crippen molar-refractivity contribution in [3.8, 4) is 5.75 Å². The molecule has 146 valence electrons. The number of ether oxygens (including phenoxy) is 1. The molecule has 2 heterocycles. The van der Waals surface area contributed by atoms with Crippen LogP contribution in [0.25, 0.3) is 0 Å². The van der Waals surface area contributed by atoms with Crippen molar-refractivity contribution in [2.45, 2.75) is 11.3 Å². The molecule has 2 aliphatic heterocycles. The van der Waals surface area contributed by atoms with E-state index in [2.05, 4.69) is 4.99 Å². The fourth-order valence-corrected chi connectivity index (χ4v) is 7.41. The fraction of sp³-hybridized carbons (Fsp3) is 0.263. The number of nitrogens with zero attached hydrogens (tertiary/aromatic N) is 2. The number of aliphatic imine (C=N–C) groups is 1. The van der Waals surface area contributed by atoms with E-state index in [0.717, 1.165) is 5.69 Å². The van der Waals surface area contributed by atoms with Crippen LogP contribution in [0.3, 0.4) is 0 Å². The Morgan fingerprint density at radius 1 is 1.18 bits per heavy atom. The molecule has 0 saturated carbocycles. The quantitative estimate of drug-likeness (QED) is 0.733. The highest BCUT2D eigenvalue weighted by Crippen LogP contribution is 2.41. The van der Waals surface area contributed by atoms with Crippen LogP contribution in [-0.2, 0) is 14.6 Å². The highest BCUT2D eigenvalue weighted by Gasteiger charge is 2.49. The molecular formula is C19H17ClN2O4S2. The second-order valence-corrected chi connectivity index (χ2v) is 10.3. The molecular weight excluding hydrogens is 420 g/mol. The Morgan fingerprint density at radius 3 is 2.71 bits per heavy atom. The molecule has 2 saturated heterocycles. The van der Waals surface area contributed by atoms with Gasteiger partial charge in [-0.3, -0.25) is 4.79 Å². The van der Waals surface area contributed by atoms with Crippen molar-refractivity contribution in [1.29, 1.82) is 0 Å². The van der Waals surface area contributed by atoms with E-state index >= 15 is 0 Å². The molecule has 1 amide bonds. The van der Waals surface area contributed by atoms with Crippen LogP contribution in [0.4, 0.5) is 5.69 Å². The molecule has 0 spiro atoms. The minimum Gasteiger partial charge on any atom is -0.484 e. The Labute approximate surface area is 172 Å². The average molecular weight is 437 g/mol. The van der Waals surface area contributed by atoms with Crippen LogP contribution in [0.1, 0.15) is 0 Å². The van der Waals surface area contributed by atoms with Gasteiger partial charge in [-0.15, -0.1) is 0 Å². The normalized spacial score (nSPS) is 24.3. The Morgan fingerprint density at radius 2 is 1.96 bits per heavy atom. The van der Waals surface area contributed by atoms with Crippen LogP contribution in [0, 0.1) is 0 Å². The predicted molar refractivity (Wildman–Crippen MR) is 112 cm³/mol. The Balaban J connectivity index is 1.58. The van der Waals surface area contributed by atoms with Gasteiger partial charge in [0.1, 0.15) is 5.75 Å². The fourth-order valence-electron chi connectivity index (χ4n) is 3.29. The number of amides is 1. The molecule has 0 radical (unpaired) electrons. The van der Waals surface area contributed by atoms with Gasteiger partial charge < -0.3 is 9.64 Å². The van der Waals surface area contributed by atoms with E-state index in [1.165, 1.54) is 11.8 Å². The molecule has 2 aromatic rings. The monoisotopic (exact) mass is 436 g/mol. The topological polar surface area (TPSA) is 76.0 Å². The number of halogens is 1. The molecule has 0 aliphatic carbocycles. The number of rotatable bonds is 4. The maximum Gasteiger partial charge on any atom is 0.285 e. The van der Waals surface area contributed by atoms with Gasteiger partial charge in [0, 0.05) is 16.0 Å². The summed E-state index contributed by atoms with van der Waals surface area (Å²) in [6.45, 7) is -0.189. The van der Waals surface area contributed by atoms with Crippen molar-refractivity contribution < 1.29 is 17.9 Å². The maximum absolute atomic E-state index is 12.4. The van der Waals surface area contributed by atoms with Gasteiger partial charge in [0.15, 0.2) is 21.6 Å². The first-order valence-corrected chi connectivity index (χ1v) is 11.7. The van der Waals surface area contributed by atoms with Gasteiger partial charge >= 0.3 is 0 Å². The van der Waals surface area contributed by atoms with E-state index in [1.807, 2.05) is 29.2 Å². The molecule has 2 aromatic carbocycles. The molecule has 0 unspecified atom stereocenters. The number of amidine groups is 1. The van der Waals surface area contributed by atoms with Crippen LogP contribution in [0.15, 0.2) is 59.6 Å². The van der Waals surface area contributed by atoms with Crippen molar-refractivity contribution in [1.82, 2.24) is 0 Å². The van der Waals surface area contributed by atoms with Crippen LogP contribution in [-0.4, -0.2) is 48.9 Å². The van der Waals surface area contributed by atoms with Gasteiger partial charge in [-0.2, -0.15) is 4.99 Å². The lowest BCUT2D eigenvalue weighted by molar-refractivity contribution is -0.119. The van der Waals surface area contributed by atoms with E-state index < -0.39 is 15.7 Å². The zero-order valence-electron chi connectivity index (χ0n) is 14.7. The number of benzene rings is 2. The summed E-state index contributed by atoms with van der Waals surface area (Å²) in [6.07, 6.45) is 0. The third kappa shape index (κ3) is 4.19. The zero-order chi connectivity index (χ0) is 19.7. The van der Waals surface area contributed by atoms with Crippen molar-refractivity contribution in [3.05, 3.63) is 59.6 Å². The highest BCUT2D eigenvalue weighted by molar-refractivity contribution is 8.16. The van der Waals surface area contributed by atoms with Crippen molar-refractivity contribution in [2.24, 2.45) is 4.99 Å².